The van der Waals surface area contributed by atoms with Gasteiger partial charge in [0.25, 0.3) is 0 Å². The number of oxazole rings is 1. The van der Waals surface area contributed by atoms with Crippen molar-refractivity contribution in [1.29, 1.82) is 0 Å². The molecule has 0 aliphatic carbocycles. The van der Waals surface area contributed by atoms with E-state index < -0.39 is 0 Å². The average Bonchev–Trinajstić information content (AvgIpc) is 2.68. The summed E-state index contributed by atoms with van der Waals surface area (Å²) in [5.41, 5.74) is 0.688. The maximum absolute atomic E-state index is 12.6. The largest absolute Gasteiger partial charge is 0.441 e. The molecule has 3 nitrogen and oxygen atoms in total. The summed E-state index contributed by atoms with van der Waals surface area (Å²) in [6.07, 6.45) is 2.44. The molecule has 0 saturated heterocycles. The molecule has 0 N–H and O–H groups in total. The maximum atomic E-state index is 12.6. The third-order valence-corrected chi connectivity index (χ3v) is 1.93. The molecule has 76 valence electrons. The van der Waals surface area contributed by atoms with Gasteiger partial charge in [-0.2, -0.15) is 0 Å². The normalized spacial score (nSPS) is 10.2. The molecule has 2 aromatic rings. The Bertz CT molecular complexity index is 462. The van der Waals surface area contributed by atoms with Gasteiger partial charge in [0.05, 0.1) is 12.6 Å². The lowest BCUT2D eigenvalue weighted by Crippen LogP contribution is -1.80. The average molecular weight is 205 g/mol. The predicted octanol–water partition coefficient (Wildman–Crippen LogP) is 2.22. The highest BCUT2D eigenvalue weighted by Gasteiger charge is 2.05. The standard InChI is InChI=1S/C11H8FNO2/c12-9-3-1-8(2-4-9)11-13-7-10(15-11)5-6-14/h1-4,6-7H,5H2. The summed E-state index contributed by atoms with van der Waals surface area (Å²) in [4.78, 5) is 14.2. The van der Waals surface area contributed by atoms with E-state index in [0.29, 0.717) is 17.2 Å². The summed E-state index contributed by atoms with van der Waals surface area (Å²) in [5.74, 6) is 0.592. The molecule has 4 heteroatoms. The lowest BCUT2D eigenvalue weighted by molar-refractivity contribution is -0.107. The Balaban J connectivity index is 2.28. The molecule has 0 aliphatic heterocycles. The molecule has 0 saturated carbocycles. The molecule has 2 rings (SSSR count). The fourth-order valence-corrected chi connectivity index (χ4v) is 1.21. The van der Waals surface area contributed by atoms with E-state index in [1.807, 2.05) is 0 Å². The lowest BCUT2D eigenvalue weighted by Gasteiger charge is -1.94. The van der Waals surface area contributed by atoms with Crippen molar-refractivity contribution in [2.75, 3.05) is 0 Å². The highest BCUT2D eigenvalue weighted by Crippen LogP contribution is 2.19. The Kier molecular flexibility index (Phi) is 2.58. The van der Waals surface area contributed by atoms with Gasteiger partial charge in [0, 0.05) is 5.56 Å². The maximum Gasteiger partial charge on any atom is 0.226 e. The fourth-order valence-electron chi connectivity index (χ4n) is 1.21. The number of benzene rings is 1. The molecule has 0 amide bonds. The van der Waals surface area contributed by atoms with Crippen LogP contribution in [0.15, 0.2) is 34.9 Å². The van der Waals surface area contributed by atoms with Crippen LogP contribution in [0.3, 0.4) is 0 Å². The first-order chi connectivity index (χ1) is 7.29. The van der Waals surface area contributed by atoms with Crippen LogP contribution in [0.1, 0.15) is 5.76 Å². The summed E-state index contributed by atoms with van der Waals surface area (Å²) in [6, 6.07) is 5.82. The SMILES string of the molecule is O=CCc1cnc(-c2ccc(F)cc2)o1. The number of hydrogen-bond acceptors (Lipinski definition) is 3. The van der Waals surface area contributed by atoms with Crippen LogP contribution in [0, 0.1) is 5.82 Å². The van der Waals surface area contributed by atoms with Gasteiger partial charge in [-0.15, -0.1) is 0 Å². The number of rotatable bonds is 3. The Morgan fingerprint density at radius 3 is 2.73 bits per heavy atom. The molecule has 1 aromatic heterocycles. The first kappa shape index (κ1) is 9.58. The second-order valence-corrected chi connectivity index (χ2v) is 3.01. The van der Waals surface area contributed by atoms with Gasteiger partial charge in [0.2, 0.25) is 5.89 Å². The van der Waals surface area contributed by atoms with Gasteiger partial charge < -0.3 is 9.21 Å². The first-order valence-corrected chi connectivity index (χ1v) is 4.44. The van der Waals surface area contributed by atoms with E-state index >= 15 is 0 Å². The highest BCUT2D eigenvalue weighted by atomic mass is 19.1. The third kappa shape index (κ3) is 2.10. The molecule has 1 aromatic carbocycles. The van der Waals surface area contributed by atoms with Gasteiger partial charge in [-0.05, 0) is 24.3 Å². The zero-order valence-corrected chi connectivity index (χ0v) is 7.81. The van der Waals surface area contributed by atoms with Crippen LogP contribution >= 0.6 is 0 Å². The quantitative estimate of drug-likeness (QED) is 0.721. The smallest absolute Gasteiger partial charge is 0.226 e. The summed E-state index contributed by atoms with van der Waals surface area (Å²) < 4.78 is 17.9. The number of carbonyl (C=O) groups is 1. The summed E-state index contributed by atoms with van der Waals surface area (Å²) in [6.45, 7) is 0. The Morgan fingerprint density at radius 1 is 1.33 bits per heavy atom. The van der Waals surface area contributed by atoms with E-state index in [1.54, 1.807) is 12.1 Å². The van der Waals surface area contributed by atoms with Crippen molar-refractivity contribution in [3.63, 3.8) is 0 Å². The number of hydrogen-bond donors (Lipinski definition) is 0. The van der Waals surface area contributed by atoms with Crippen LogP contribution in [0.25, 0.3) is 11.5 Å². The zero-order chi connectivity index (χ0) is 10.7. The second-order valence-electron chi connectivity index (χ2n) is 3.01. The molecule has 0 bridgehead atoms. The fraction of sp³-hybridized carbons (Fsp3) is 0.0909. The summed E-state index contributed by atoms with van der Waals surface area (Å²) >= 11 is 0. The number of aromatic nitrogens is 1. The van der Waals surface area contributed by atoms with Crippen molar-refractivity contribution >= 4 is 6.29 Å². The Morgan fingerprint density at radius 2 is 2.07 bits per heavy atom. The van der Waals surface area contributed by atoms with Gasteiger partial charge >= 0.3 is 0 Å². The summed E-state index contributed by atoms with van der Waals surface area (Å²) in [7, 11) is 0. The minimum Gasteiger partial charge on any atom is -0.441 e. The van der Waals surface area contributed by atoms with Crippen LogP contribution in [0.2, 0.25) is 0 Å². The predicted molar refractivity (Wildman–Crippen MR) is 51.7 cm³/mol. The number of aldehydes is 1. The number of halogens is 1. The molecule has 1 heterocycles. The second kappa shape index (κ2) is 4.04. The highest BCUT2D eigenvalue weighted by molar-refractivity contribution is 5.55. The van der Waals surface area contributed by atoms with Gasteiger partial charge in [-0.3, -0.25) is 0 Å². The van der Waals surface area contributed by atoms with Crippen LogP contribution in [-0.4, -0.2) is 11.3 Å². The van der Waals surface area contributed by atoms with Crippen molar-refractivity contribution in [2.24, 2.45) is 0 Å². The van der Waals surface area contributed by atoms with E-state index in [4.69, 9.17) is 4.42 Å². The van der Waals surface area contributed by atoms with Gasteiger partial charge in [-0.1, -0.05) is 0 Å². The van der Waals surface area contributed by atoms with E-state index in [0.717, 1.165) is 6.29 Å². The molecule has 0 spiro atoms. The number of nitrogens with zero attached hydrogens (tertiary/aromatic N) is 1. The topological polar surface area (TPSA) is 43.1 Å². The molecule has 0 aliphatic rings. The molecule has 15 heavy (non-hydrogen) atoms. The van der Waals surface area contributed by atoms with Crippen molar-refractivity contribution in [2.45, 2.75) is 6.42 Å². The molecular weight excluding hydrogens is 197 g/mol. The molecule has 0 unspecified atom stereocenters. The zero-order valence-electron chi connectivity index (χ0n) is 7.81. The first-order valence-electron chi connectivity index (χ1n) is 4.44. The van der Waals surface area contributed by atoms with Crippen molar-refractivity contribution in [3.8, 4) is 11.5 Å². The van der Waals surface area contributed by atoms with Crippen molar-refractivity contribution < 1.29 is 13.6 Å². The molecule has 0 atom stereocenters. The van der Waals surface area contributed by atoms with Crippen LogP contribution in [0.4, 0.5) is 4.39 Å². The van der Waals surface area contributed by atoms with Crippen LogP contribution in [0.5, 0.6) is 0 Å². The van der Waals surface area contributed by atoms with Gasteiger partial charge in [0.15, 0.2) is 0 Å². The minimum atomic E-state index is -0.307. The van der Waals surface area contributed by atoms with Crippen molar-refractivity contribution in [1.82, 2.24) is 4.98 Å². The Hall–Kier alpha value is -1.97. The monoisotopic (exact) mass is 205 g/mol. The van der Waals surface area contributed by atoms with E-state index in [-0.39, 0.29) is 12.2 Å². The van der Waals surface area contributed by atoms with Gasteiger partial charge in [-0.25, -0.2) is 9.37 Å². The van der Waals surface area contributed by atoms with E-state index in [1.165, 1.54) is 18.3 Å². The Labute approximate surface area is 85.6 Å². The van der Waals surface area contributed by atoms with Crippen LogP contribution in [-0.2, 0) is 11.2 Å². The third-order valence-electron chi connectivity index (χ3n) is 1.93. The van der Waals surface area contributed by atoms with E-state index in [9.17, 15) is 9.18 Å². The number of carbonyl (C=O) groups excluding carboxylic acids is 1. The van der Waals surface area contributed by atoms with Crippen LogP contribution < -0.4 is 0 Å². The van der Waals surface area contributed by atoms with Gasteiger partial charge in [0.1, 0.15) is 17.9 Å². The summed E-state index contributed by atoms with van der Waals surface area (Å²) in [5, 5.41) is 0. The van der Waals surface area contributed by atoms with E-state index in [2.05, 4.69) is 4.98 Å². The van der Waals surface area contributed by atoms with Crippen molar-refractivity contribution in [3.05, 3.63) is 42.0 Å². The molecule has 0 fully saturated rings. The lowest BCUT2D eigenvalue weighted by atomic mass is 10.2. The molecular formula is C11H8FNO2. The molecule has 0 radical (unpaired) electrons. The minimum absolute atomic E-state index is 0.203.